The molecule has 0 aliphatic heterocycles. The van der Waals surface area contributed by atoms with Crippen molar-refractivity contribution in [1.82, 2.24) is 15.0 Å². The summed E-state index contributed by atoms with van der Waals surface area (Å²) in [5, 5.41) is 0. The number of hydrogen-bond donors (Lipinski definition) is 0. The Labute approximate surface area is 92.2 Å². The predicted molar refractivity (Wildman–Crippen MR) is 53.7 cm³/mol. The van der Waals surface area contributed by atoms with E-state index in [1.807, 2.05) is 0 Å². The van der Waals surface area contributed by atoms with Gasteiger partial charge in [-0.2, -0.15) is 9.97 Å². The van der Waals surface area contributed by atoms with Crippen LogP contribution in [-0.4, -0.2) is 49.4 Å². The fourth-order valence-corrected chi connectivity index (χ4v) is 0.879. The van der Waals surface area contributed by atoms with Crippen LogP contribution in [0.3, 0.4) is 0 Å². The van der Waals surface area contributed by atoms with E-state index in [4.69, 9.17) is 9.47 Å². The van der Waals surface area contributed by atoms with Gasteiger partial charge < -0.3 is 14.2 Å². The molecule has 8 heteroatoms. The second kappa shape index (κ2) is 5.10. The van der Waals surface area contributed by atoms with E-state index in [1.165, 1.54) is 28.4 Å². The molecule has 1 amide bonds. The number of anilines is 1. The van der Waals surface area contributed by atoms with Gasteiger partial charge in [-0.3, -0.25) is 0 Å². The fourth-order valence-electron chi connectivity index (χ4n) is 0.879. The molecule has 1 aromatic heterocycles. The monoisotopic (exact) mass is 228 g/mol. The van der Waals surface area contributed by atoms with Crippen molar-refractivity contribution < 1.29 is 19.0 Å². The van der Waals surface area contributed by atoms with Gasteiger partial charge >= 0.3 is 18.1 Å². The Morgan fingerprint density at radius 1 is 1.06 bits per heavy atom. The SMILES string of the molecule is COC(=O)N(C)c1nc(OC)nc(OC)n1. The van der Waals surface area contributed by atoms with Crippen LogP contribution in [0.4, 0.5) is 10.7 Å². The minimum absolute atomic E-state index is 0.0533. The van der Waals surface area contributed by atoms with Crippen molar-refractivity contribution in [2.24, 2.45) is 0 Å². The summed E-state index contributed by atoms with van der Waals surface area (Å²) >= 11 is 0. The van der Waals surface area contributed by atoms with E-state index in [2.05, 4.69) is 19.7 Å². The number of hydrogen-bond acceptors (Lipinski definition) is 7. The Hall–Kier alpha value is -2.12. The van der Waals surface area contributed by atoms with E-state index >= 15 is 0 Å². The molecular formula is C8H12N4O4. The van der Waals surface area contributed by atoms with Gasteiger partial charge in [-0.25, -0.2) is 9.69 Å². The summed E-state index contributed by atoms with van der Waals surface area (Å²) in [4.78, 5) is 23.9. The van der Waals surface area contributed by atoms with Gasteiger partial charge in [0.25, 0.3) is 0 Å². The van der Waals surface area contributed by atoms with Crippen LogP contribution in [0.25, 0.3) is 0 Å². The first kappa shape index (κ1) is 12.0. The van der Waals surface area contributed by atoms with Crippen molar-refractivity contribution in [2.45, 2.75) is 0 Å². The highest BCUT2D eigenvalue weighted by molar-refractivity contribution is 5.84. The van der Waals surface area contributed by atoms with Gasteiger partial charge in [-0.15, -0.1) is 4.98 Å². The van der Waals surface area contributed by atoms with Gasteiger partial charge in [0.1, 0.15) is 0 Å². The number of rotatable bonds is 3. The topological polar surface area (TPSA) is 86.7 Å². The van der Waals surface area contributed by atoms with Crippen molar-refractivity contribution in [3.05, 3.63) is 0 Å². The van der Waals surface area contributed by atoms with Crippen LogP contribution in [0.15, 0.2) is 0 Å². The van der Waals surface area contributed by atoms with Crippen LogP contribution in [0, 0.1) is 0 Å². The Bertz CT molecular complexity index is 362. The quantitative estimate of drug-likeness (QED) is 0.724. The summed E-state index contributed by atoms with van der Waals surface area (Å²) in [7, 11) is 5.52. The van der Waals surface area contributed by atoms with Crippen LogP contribution in [0.2, 0.25) is 0 Å². The van der Waals surface area contributed by atoms with Crippen LogP contribution in [0.1, 0.15) is 0 Å². The number of carbonyl (C=O) groups is 1. The summed E-state index contributed by atoms with van der Waals surface area (Å²) in [6, 6.07) is 0.107. The van der Waals surface area contributed by atoms with Gasteiger partial charge in [0.05, 0.1) is 21.3 Å². The molecule has 88 valence electrons. The molecule has 0 bridgehead atoms. The van der Waals surface area contributed by atoms with E-state index in [1.54, 1.807) is 0 Å². The zero-order valence-electron chi connectivity index (χ0n) is 9.42. The van der Waals surface area contributed by atoms with Gasteiger partial charge in [0.15, 0.2) is 0 Å². The molecule has 0 radical (unpaired) electrons. The zero-order valence-corrected chi connectivity index (χ0v) is 9.42. The van der Waals surface area contributed by atoms with Crippen LogP contribution < -0.4 is 14.4 Å². The highest BCUT2D eigenvalue weighted by atomic mass is 16.5. The Morgan fingerprint density at radius 3 is 1.94 bits per heavy atom. The summed E-state index contributed by atoms with van der Waals surface area (Å²) in [6.07, 6.45) is -0.602. The van der Waals surface area contributed by atoms with Gasteiger partial charge in [-0.1, -0.05) is 0 Å². The van der Waals surface area contributed by atoms with Crippen molar-refractivity contribution in [2.75, 3.05) is 33.3 Å². The standard InChI is InChI=1S/C8H12N4O4/c1-12(8(13)16-4)5-9-6(14-2)11-7(10-5)15-3/h1-4H3. The van der Waals surface area contributed by atoms with E-state index in [0.29, 0.717) is 0 Å². The lowest BCUT2D eigenvalue weighted by Gasteiger charge is -2.13. The Balaban J connectivity index is 3.07. The molecule has 0 N–H and O–H groups in total. The maximum atomic E-state index is 11.2. The molecule has 16 heavy (non-hydrogen) atoms. The molecule has 8 nitrogen and oxygen atoms in total. The summed E-state index contributed by atoms with van der Waals surface area (Å²) in [5.41, 5.74) is 0. The third kappa shape index (κ3) is 2.47. The minimum atomic E-state index is -0.602. The van der Waals surface area contributed by atoms with Crippen LogP contribution in [-0.2, 0) is 4.74 Å². The molecular weight excluding hydrogens is 216 g/mol. The van der Waals surface area contributed by atoms with Crippen LogP contribution in [0.5, 0.6) is 12.0 Å². The number of methoxy groups -OCH3 is 3. The molecule has 1 rings (SSSR count). The lowest BCUT2D eigenvalue weighted by Crippen LogP contribution is -2.28. The van der Waals surface area contributed by atoms with Crippen LogP contribution >= 0.6 is 0 Å². The molecule has 0 atom stereocenters. The average Bonchev–Trinajstić information content (AvgIpc) is 2.35. The fraction of sp³-hybridized carbons (Fsp3) is 0.500. The molecule has 0 unspecified atom stereocenters. The van der Waals surface area contributed by atoms with Crippen molar-refractivity contribution in [1.29, 1.82) is 0 Å². The maximum absolute atomic E-state index is 11.2. The highest BCUT2D eigenvalue weighted by Gasteiger charge is 2.17. The highest BCUT2D eigenvalue weighted by Crippen LogP contribution is 2.15. The first-order valence-electron chi connectivity index (χ1n) is 4.28. The van der Waals surface area contributed by atoms with Crippen molar-refractivity contribution in [3.8, 4) is 12.0 Å². The molecule has 0 fully saturated rings. The van der Waals surface area contributed by atoms with E-state index in [-0.39, 0.29) is 18.0 Å². The molecule has 0 saturated carbocycles. The summed E-state index contributed by atoms with van der Waals surface area (Å²) in [6.45, 7) is 0. The third-order valence-corrected chi connectivity index (χ3v) is 1.70. The molecule has 0 aromatic carbocycles. The number of aromatic nitrogens is 3. The molecule has 0 aliphatic carbocycles. The molecule has 0 saturated heterocycles. The first-order chi connectivity index (χ1) is 7.62. The first-order valence-corrected chi connectivity index (χ1v) is 4.28. The summed E-state index contributed by atoms with van der Waals surface area (Å²) < 4.78 is 14.2. The second-order valence-corrected chi connectivity index (χ2v) is 2.64. The Kier molecular flexibility index (Phi) is 3.81. The largest absolute Gasteiger partial charge is 0.467 e. The number of ether oxygens (including phenoxy) is 3. The zero-order chi connectivity index (χ0) is 12.1. The minimum Gasteiger partial charge on any atom is -0.467 e. The second-order valence-electron chi connectivity index (χ2n) is 2.64. The van der Waals surface area contributed by atoms with E-state index < -0.39 is 6.09 Å². The van der Waals surface area contributed by atoms with Crippen molar-refractivity contribution >= 4 is 12.0 Å². The van der Waals surface area contributed by atoms with Gasteiger partial charge in [0.2, 0.25) is 5.95 Å². The van der Waals surface area contributed by atoms with E-state index in [0.717, 1.165) is 4.90 Å². The average molecular weight is 228 g/mol. The number of amides is 1. The molecule has 0 spiro atoms. The lowest BCUT2D eigenvalue weighted by atomic mass is 10.7. The molecule has 0 aliphatic rings. The van der Waals surface area contributed by atoms with Crippen molar-refractivity contribution in [3.63, 3.8) is 0 Å². The normalized spacial score (nSPS) is 9.50. The summed E-state index contributed by atoms with van der Waals surface area (Å²) in [5.74, 6) is 0.0792. The van der Waals surface area contributed by atoms with E-state index in [9.17, 15) is 4.79 Å². The smallest absolute Gasteiger partial charge is 0.416 e. The van der Waals surface area contributed by atoms with Gasteiger partial charge in [0, 0.05) is 7.05 Å². The number of carbonyl (C=O) groups excluding carboxylic acids is 1. The molecule has 1 heterocycles. The Morgan fingerprint density at radius 2 is 1.56 bits per heavy atom. The van der Waals surface area contributed by atoms with Gasteiger partial charge in [-0.05, 0) is 0 Å². The third-order valence-electron chi connectivity index (χ3n) is 1.70. The maximum Gasteiger partial charge on any atom is 0.416 e. The lowest BCUT2D eigenvalue weighted by molar-refractivity contribution is 0.179. The molecule has 1 aromatic rings. The number of nitrogens with zero attached hydrogens (tertiary/aromatic N) is 4. The predicted octanol–water partition coefficient (Wildman–Crippen LogP) is 0.0914.